The molecule has 0 unspecified atom stereocenters. The SMILES string of the molecule is Cc1cc(=O)oc2cc(O[C@H]3O[C@H](CO)[C@@H](O)[C@@H](O)[C@@H]3N)ccc12. The largest absolute Gasteiger partial charge is 0.463 e. The third-order valence-corrected chi connectivity index (χ3v) is 4.10. The van der Waals surface area contributed by atoms with Gasteiger partial charge in [-0.2, -0.15) is 0 Å². The standard InChI is InChI=1S/C16H19NO7/c1-7-4-12(19)23-10-5-8(2-3-9(7)10)22-16-13(17)15(21)14(20)11(6-18)24-16/h2-5,11,13-16,18,20-21H,6,17H2,1H3/t11-,13+,14-,15+,16+/m1/s1. The second-order valence-electron chi connectivity index (χ2n) is 5.81. The molecule has 1 aliphatic heterocycles. The zero-order chi connectivity index (χ0) is 17.4. The van der Waals surface area contributed by atoms with Crippen molar-refractivity contribution in [2.75, 3.05) is 6.61 Å². The molecular weight excluding hydrogens is 318 g/mol. The van der Waals surface area contributed by atoms with Crippen LogP contribution in [0.4, 0.5) is 0 Å². The van der Waals surface area contributed by atoms with Crippen LogP contribution >= 0.6 is 0 Å². The van der Waals surface area contributed by atoms with Crippen LogP contribution in [-0.4, -0.2) is 52.6 Å². The summed E-state index contributed by atoms with van der Waals surface area (Å²) in [6.07, 6.45) is -4.69. The molecule has 5 N–H and O–H groups in total. The first-order chi connectivity index (χ1) is 11.4. The van der Waals surface area contributed by atoms with Crippen LogP contribution in [0.2, 0.25) is 0 Å². The minimum Gasteiger partial charge on any atom is -0.463 e. The molecule has 1 saturated heterocycles. The summed E-state index contributed by atoms with van der Waals surface area (Å²) in [6, 6.07) is 5.28. The summed E-state index contributed by atoms with van der Waals surface area (Å²) in [4.78, 5) is 11.5. The Morgan fingerprint density at radius 1 is 1.25 bits per heavy atom. The molecular formula is C16H19NO7. The van der Waals surface area contributed by atoms with Gasteiger partial charge in [-0.05, 0) is 24.6 Å². The number of aliphatic hydroxyl groups is 3. The van der Waals surface area contributed by atoms with E-state index < -0.39 is 42.9 Å². The molecule has 2 heterocycles. The Hall–Kier alpha value is -1.97. The number of hydrogen-bond donors (Lipinski definition) is 4. The molecule has 0 aliphatic carbocycles. The van der Waals surface area contributed by atoms with E-state index in [2.05, 4.69) is 0 Å². The van der Waals surface area contributed by atoms with Gasteiger partial charge in [0.2, 0.25) is 6.29 Å². The van der Waals surface area contributed by atoms with Crippen LogP contribution in [0.15, 0.2) is 33.5 Å². The van der Waals surface area contributed by atoms with Gasteiger partial charge in [0.25, 0.3) is 0 Å². The number of hydrogen-bond acceptors (Lipinski definition) is 8. The van der Waals surface area contributed by atoms with E-state index in [9.17, 15) is 20.1 Å². The van der Waals surface area contributed by atoms with Crippen LogP contribution in [0.3, 0.4) is 0 Å². The first-order valence-corrected chi connectivity index (χ1v) is 7.50. The van der Waals surface area contributed by atoms with Gasteiger partial charge in [0, 0.05) is 17.5 Å². The van der Waals surface area contributed by atoms with Gasteiger partial charge in [0.1, 0.15) is 29.6 Å². The smallest absolute Gasteiger partial charge is 0.336 e. The number of benzene rings is 1. The van der Waals surface area contributed by atoms with E-state index in [-0.39, 0.29) is 0 Å². The van der Waals surface area contributed by atoms with Crippen molar-refractivity contribution >= 4 is 11.0 Å². The molecule has 3 rings (SSSR count). The first kappa shape index (κ1) is 16.9. The van der Waals surface area contributed by atoms with E-state index in [1.807, 2.05) is 0 Å². The second kappa shape index (κ2) is 6.50. The van der Waals surface area contributed by atoms with Crippen molar-refractivity contribution in [3.63, 3.8) is 0 Å². The summed E-state index contributed by atoms with van der Waals surface area (Å²) in [6.45, 7) is 1.31. The average Bonchev–Trinajstić information content (AvgIpc) is 2.55. The molecule has 5 atom stereocenters. The summed E-state index contributed by atoms with van der Waals surface area (Å²) < 4.78 is 16.2. The summed E-state index contributed by atoms with van der Waals surface area (Å²) in [5, 5.41) is 29.7. The predicted molar refractivity (Wildman–Crippen MR) is 83.6 cm³/mol. The van der Waals surface area contributed by atoms with Crippen molar-refractivity contribution in [2.24, 2.45) is 5.73 Å². The van der Waals surface area contributed by atoms with Crippen molar-refractivity contribution < 1.29 is 29.2 Å². The Morgan fingerprint density at radius 2 is 2.00 bits per heavy atom. The predicted octanol–water partition coefficient (Wildman–Crippen LogP) is -0.753. The maximum Gasteiger partial charge on any atom is 0.336 e. The Labute approximate surface area is 137 Å². The second-order valence-corrected chi connectivity index (χ2v) is 5.81. The number of nitrogens with two attached hydrogens (primary N) is 1. The fourth-order valence-electron chi connectivity index (χ4n) is 2.72. The fraction of sp³-hybridized carbons (Fsp3) is 0.438. The summed E-state index contributed by atoms with van der Waals surface area (Å²) in [5.74, 6) is 0.317. The third kappa shape index (κ3) is 3.02. The summed E-state index contributed by atoms with van der Waals surface area (Å²) in [7, 11) is 0. The monoisotopic (exact) mass is 337 g/mol. The number of rotatable bonds is 3. The van der Waals surface area contributed by atoms with Crippen molar-refractivity contribution in [1.29, 1.82) is 0 Å². The van der Waals surface area contributed by atoms with Crippen molar-refractivity contribution in [1.82, 2.24) is 0 Å². The van der Waals surface area contributed by atoms with E-state index in [0.29, 0.717) is 11.3 Å². The minimum absolute atomic E-state index is 0.317. The zero-order valence-corrected chi connectivity index (χ0v) is 13.0. The van der Waals surface area contributed by atoms with Gasteiger partial charge < -0.3 is 34.9 Å². The van der Waals surface area contributed by atoms with Crippen LogP contribution < -0.4 is 16.1 Å². The Balaban J connectivity index is 1.87. The maximum absolute atomic E-state index is 11.5. The van der Waals surface area contributed by atoms with E-state index in [4.69, 9.17) is 19.6 Å². The van der Waals surface area contributed by atoms with E-state index >= 15 is 0 Å². The number of aliphatic hydroxyl groups excluding tert-OH is 3. The van der Waals surface area contributed by atoms with Crippen LogP contribution in [0.5, 0.6) is 5.75 Å². The lowest BCUT2D eigenvalue weighted by Crippen LogP contribution is -2.63. The topological polar surface area (TPSA) is 135 Å². The number of aryl methyl sites for hydroxylation is 1. The molecule has 130 valence electrons. The number of fused-ring (bicyclic) bond motifs is 1. The summed E-state index contributed by atoms with van der Waals surface area (Å²) >= 11 is 0. The minimum atomic E-state index is -1.30. The molecule has 1 fully saturated rings. The number of ether oxygens (including phenoxy) is 2. The zero-order valence-electron chi connectivity index (χ0n) is 13.0. The van der Waals surface area contributed by atoms with E-state index in [1.54, 1.807) is 19.1 Å². The molecule has 8 heteroatoms. The average molecular weight is 337 g/mol. The van der Waals surface area contributed by atoms with Gasteiger partial charge in [0.15, 0.2) is 0 Å². The molecule has 24 heavy (non-hydrogen) atoms. The van der Waals surface area contributed by atoms with Crippen LogP contribution in [0.1, 0.15) is 5.56 Å². The third-order valence-electron chi connectivity index (χ3n) is 4.10. The molecule has 1 aromatic heterocycles. The molecule has 2 aromatic rings. The molecule has 0 bridgehead atoms. The Morgan fingerprint density at radius 3 is 2.71 bits per heavy atom. The Kier molecular flexibility index (Phi) is 4.57. The lowest BCUT2D eigenvalue weighted by molar-refractivity contribution is -0.239. The quantitative estimate of drug-likeness (QED) is 0.537. The maximum atomic E-state index is 11.5. The molecule has 1 aliphatic rings. The highest BCUT2D eigenvalue weighted by molar-refractivity contribution is 5.81. The lowest BCUT2D eigenvalue weighted by atomic mass is 9.98. The highest BCUT2D eigenvalue weighted by Gasteiger charge is 2.43. The molecule has 8 nitrogen and oxygen atoms in total. The Bertz CT molecular complexity index is 788. The first-order valence-electron chi connectivity index (χ1n) is 7.50. The highest BCUT2D eigenvalue weighted by Crippen LogP contribution is 2.26. The van der Waals surface area contributed by atoms with Crippen LogP contribution in [-0.2, 0) is 4.74 Å². The highest BCUT2D eigenvalue weighted by atomic mass is 16.7. The van der Waals surface area contributed by atoms with Gasteiger partial charge in [-0.3, -0.25) is 0 Å². The normalized spacial score (nSPS) is 30.5. The molecule has 0 amide bonds. The van der Waals surface area contributed by atoms with Crippen LogP contribution in [0.25, 0.3) is 11.0 Å². The van der Waals surface area contributed by atoms with Crippen LogP contribution in [0, 0.1) is 6.92 Å². The van der Waals surface area contributed by atoms with E-state index in [0.717, 1.165) is 10.9 Å². The van der Waals surface area contributed by atoms with E-state index in [1.165, 1.54) is 12.1 Å². The molecule has 0 saturated carbocycles. The van der Waals surface area contributed by atoms with Crippen molar-refractivity contribution in [3.05, 3.63) is 40.2 Å². The lowest BCUT2D eigenvalue weighted by Gasteiger charge is -2.40. The van der Waals surface area contributed by atoms with Gasteiger partial charge in [-0.25, -0.2) is 4.79 Å². The van der Waals surface area contributed by atoms with Crippen molar-refractivity contribution in [3.8, 4) is 5.75 Å². The molecule has 0 spiro atoms. The fourth-order valence-corrected chi connectivity index (χ4v) is 2.72. The van der Waals surface area contributed by atoms with Gasteiger partial charge in [-0.1, -0.05) is 0 Å². The molecule has 0 radical (unpaired) electrons. The molecule has 1 aromatic carbocycles. The van der Waals surface area contributed by atoms with Gasteiger partial charge >= 0.3 is 5.63 Å². The van der Waals surface area contributed by atoms with Crippen molar-refractivity contribution in [2.45, 2.75) is 37.6 Å². The van der Waals surface area contributed by atoms with Gasteiger partial charge in [-0.15, -0.1) is 0 Å². The van der Waals surface area contributed by atoms with Gasteiger partial charge in [0.05, 0.1) is 12.6 Å². The summed E-state index contributed by atoms with van der Waals surface area (Å²) in [5.41, 5.74) is 6.48.